The molecule has 1 saturated carbocycles. The second-order valence-electron chi connectivity index (χ2n) is 3.88. The summed E-state index contributed by atoms with van der Waals surface area (Å²) in [5, 5.41) is 18.2. The molecule has 0 radical (unpaired) electrons. The summed E-state index contributed by atoms with van der Waals surface area (Å²) in [6.45, 7) is 1.91. The van der Waals surface area contributed by atoms with Crippen molar-refractivity contribution in [3.8, 4) is 0 Å². The molecule has 4 heteroatoms. The molecule has 74 valence electrons. The van der Waals surface area contributed by atoms with Gasteiger partial charge in [-0.15, -0.1) is 0 Å². The quantitative estimate of drug-likeness (QED) is 0.782. The van der Waals surface area contributed by atoms with Gasteiger partial charge in [0.1, 0.15) is 0 Å². The van der Waals surface area contributed by atoms with Crippen LogP contribution < -0.4 is 5.46 Å². The van der Waals surface area contributed by atoms with Crippen LogP contribution in [0.15, 0.2) is 16.6 Å². The van der Waals surface area contributed by atoms with Crippen LogP contribution in [0.1, 0.15) is 29.9 Å². The van der Waals surface area contributed by atoms with E-state index in [9.17, 15) is 0 Å². The second kappa shape index (κ2) is 3.68. The molecule has 2 rings (SSSR count). The molecule has 1 aromatic rings. The summed E-state index contributed by atoms with van der Waals surface area (Å²) in [5.74, 6) is 0.674. The average Bonchev–Trinajstić information content (AvgIpc) is 2.91. The third-order valence-electron chi connectivity index (χ3n) is 2.68. The van der Waals surface area contributed by atoms with Gasteiger partial charge < -0.3 is 10.0 Å². The first kappa shape index (κ1) is 10.2. The van der Waals surface area contributed by atoms with Crippen LogP contribution in [0.2, 0.25) is 0 Å². The first-order valence-corrected chi connectivity index (χ1v) is 5.55. The number of hydrogen-bond acceptors (Lipinski definition) is 2. The zero-order valence-electron chi connectivity index (χ0n) is 8.00. The standard InChI is InChI=1S/C10H12BBrO2/c1-6-4-8(7-2-3-7)10(12)5-9(6)11(13)14/h4-5,7,13-14H,2-3H2,1H3. The molecule has 2 nitrogen and oxygen atoms in total. The molecule has 0 unspecified atom stereocenters. The van der Waals surface area contributed by atoms with E-state index in [2.05, 4.69) is 22.0 Å². The van der Waals surface area contributed by atoms with Crippen LogP contribution in [0, 0.1) is 6.92 Å². The van der Waals surface area contributed by atoms with E-state index < -0.39 is 7.12 Å². The van der Waals surface area contributed by atoms with Gasteiger partial charge in [0.05, 0.1) is 0 Å². The van der Waals surface area contributed by atoms with Gasteiger partial charge >= 0.3 is 7.12 Å². The Morgan fingerprint density at radius 1 is 1.36 bits per heavy atom. The Kier molecular flexibility index (Phi) is 2.69. The van der Waals surface area contributed by atoms with E-state index >= 15 is 0 Å². The molecule has 0 aromatic heterocycles. The van der Waals surface area contributed by atoms with Crippen molar-refractivity contribution in [3.05, 3.63) is 27.7 Å². The molecule has 0 aliphatic heterocycles. The molecule has 0 amide bonds. The summed E-state index contributed by atoms with van der Waals surface area (Å²) in [6, 6.07) is 3.87. The highest BCUT2D eigenvalue weighted by Gasteiger charge is 2.27. The van der Waals surface area contributed by atoms with Crippen LogP contribution in [0.5, 0.6) is 0 Å². The fourth-order valence-electron chi connectivity index (χ4n) is 1.70. The lowest BCUT2D eigenvalue weighted by atomic mass is 9.76. The van der Waals surface area contributed by atoms with Gasteiger partial charge in [-0.1, -0.05) is 27.6 Å². The number of rotatable bonds is 2. The van der Waals surface area contributed by atoms with Crippen LogP contribution in [0.3, 0.4) is 0 Å². The lowest BCUT2D eigenvalue weighted by Crippen LogP contribution is -2.32. The highest BCUT2D eigenvalue weighted by atomic mass is 79.9. The topological polar surface area (TPSA) is 40.5 Å². The fourth-order valence-corrected chi connectivity index (χ4v) is 2.39. The largest absolute Gasteiger partial charge is 0.488 e. The minimum Gasteiger partial charge on any atom is -0.423 e. The molecule has 14 heavy (non-hydrogen) atoms. The zero-order chi connectivity index (χ0) is 10.3. The summed E-state index contributed by atoms with van der Waals surface area (Å²) in [6.07, 6.45) is 2.50. The maximum atomic E-state index is 9.11. The molecule has 0 bridgehead atoms. The summed E-state index contributed by atoms with van der Waals surface area (Å²) < 4.78 is 0.994. The van der Waals surface area contributed by atoms with Gasteiger partial charge in [-0.3, -0.25) is 0 Å². The highest BCUT2D eigenvalue weighted by molar-refractivity contribution is 9.10. The molecular formula is C10H12BBrO2. The molecule has 0 heterocycles. The van der Waals surface area contributed by atoms with E-state index in [1.54, 1.807) is 0 Å². The van der Waals surface area contributed by atoms with E-state index in [1.807, 2.05) is 13.0 Å². The minimum atomic E-state index is -1.38. The molecule has 0 atom stereocenters. The number of aryl methyl sites for hydroxylation is 1. The van der Waals surface area contributed by atoms with Gasteiger partial charge in [-0.05, 0) is 42.8 Å². The molecule has 0 spiro atoms. The van der Waals surface area contributed by atoms with Crippen molar-refractivity contribution in [2.75, 3.05) is 0 Å². The summed E-state index contributed by atoms with van der Waals surface area (Å²) >= 11 is 3.47. The third kappa shape index (κ3) is 1.87. The van der Waals surface area contributed by atoms with Crippen molar-refractivity contribution in [2.24, 2.45) is 0 Å². The number of benzene rings is 1. The van der Waals surface area contributed by atoms with Crippen LogP contribution in [-0.4, -0.2) is 17.2 Å². The molecular weight excluding hydrogens is 243 g/mol. The SMILES string of the molecule is Cc1cc(C2CC2)c(Br)cc1B(O)O. The summed E-state index contributed by atoms with van der Waals surface area (Å²) in [5.41, 5.74) is 2.83. The smallest absolute Gasteiger partial charge is 0.423 e. The summed E-state index contributed by atoms with van der Waals surface area (Å²) in [7, 11) is -1.38. The van der Waals surface area contributed by atoms with E-state index in [0.717, 1.165) is 10.0 Å². The maximum absolute atomic E-state index is 9.11. The molecule has 1 aliphatic carbocycles. The number of hydrogen-bond donors (Lipinski definition) is 2. The zero-order valence-corrected chi connectivity index (χ0v) is 9.58. The van der Waals surface area contributed by atoms with Crippen molar-refractivity contribution in [3.63, 3.8) is 0 Å². The summed E-state index contributed by atoms with van der Waals surface area (Å²) in [4.78, 5) is 0. The minimum absolute atomic E-state index is 0.585. The van der Waals surface area contributed by atoms with Gasteiger partial charge in [0.15, 0.2) is 0 Å². The van der Waals surface area contributed by atoms with E-state index in [-0.39, 0.29) is 0 Å². The first-order chi connectivity index (χ1) is 6.59. The molecule has 1 aliphatic rings. The van der Waals surface area contributed by atoms with Gasteiger partial charge in [-0.25, -0.2) is 0 Å². The van der Waals surface area contributed by atoms with Gasteiger partial charge in [0.2, 0.25) is 0 Å². The Bertz CT molecular complexity index is 334. The molecule has 1 fully saturated rings. The van der Waals surface area contributed by atoms with Crippen LogP contribution in [0.25, 0.3) is 0 Å². The van der Waals surface area contributed by atoms with Gasteiger partial charge in [-0.2, -0.15) is 0 Å². The van der Waals surface area contributed by atoms with E-state index in [4.69, 9.17) is 10.0 Å². The second-order valence-corrected chi connectivity index (χ2v) is 4.73. The average molecular weight is 255 g/mol. The molecule has 1 aromatic carbocycles. The highest BCUT2D eigenvalue weighted by Crippen LogP contribution is 2.43. The van der Waals surface area contributed by atoms with Crippen molar-refractivity contribution in [1.82, 2.24) is 0 Å². The lowest BCUT2D eigenvalue weighted by molar-refractivity contribution is 0.425. The Hall–Kier alpha value is -0.315. The third-order valence-corrected chi connectivity index (χ3v) is 3.37. The van der Waals surface area contributed by atoms with Crippen molar-refractivity contribution < 1.29 is 10.0 Å². The van der Waals surface area contributed by atoms with Crippen molar-refractivity contribution in [2.45, 2.75) is 25.7 Å². The van der Waals surface area contributed by atoms with E-state index in [1.165, 1.54) is 18.4 Å². The van der Waals surface area contributed by atoms with Crippen LogP contribution >= 0.6 is 15.9 Å². The van der Waals surface area contributed by atoms with Crippen LogP contribution in [0.4, 0.5) is 0 Å². The Morgan fingerprint density at radius 3 is 2.50 bits per heavy atom. The normalized spacial score (nSPS) is 15.7. The Morgan fingerprint density at radius 2 is 2.00 bits per heavy atom. The molecule has 0 saturated heterocycles. The predicted molar refractivity (Wildman–Crippen MR) is 60.7 cm³/mol. The van der Waals surface area contributed by atoms with Gasteiger partial charge in [0, 0.05) is 4.47 Å². The van der Waals surface area contributed by atoms with Crippen LogP contribution in [-0.2, 0) is 0 Å². The Labute approximate surface area is 92.2 Å². The Balaban J connectivity index is 2.43. The van der Waals surface area contributed by atoms with E-state index in [0.29, 0.717) is 11.4 Å². The lowest BCUT2D eigenvalue weighted by Gasteiger charge is -2.09. The molecule has 2 N–H and O–H groups in total. The fraction of sp³-hybridized carbons (Fsp3) is 0.400. The van der Waals surface area contributed by atoms with Crippen molar-refractivity contribution in [1.29, 1.82) is 0 Å². The maximum Gasteiger partial charge on any atom is 0.488 e. The first-order valence-electron chi connectivity index (χ1n) is 4.75. The van der Waals surface area contributed by atoms with Crippen molar-refractivity contribution >= 4 is 28.5 Å². The number of halogens is 1. The predicted octanol–water partition coefficient (Wildman–Crippen LogP) is 1.31. The van der Waals surface area contributed by atoms with Gasteiger partial charge in [0.25, 0.3) is 0 Å². The monoisotopic (exact) mass is 254 g/mol.